The van der Waals surface area contributed by atoms with E-state index in [4.69, 9.17) is 0 Å². The predicted molar refractivity (Wildman–Crippen MR) is 86.9 cm³/mol. The highest BCUT2D eigenvalue weighted by Gasteiger charge is 2.12. The molecule has 2 aromatic heterocycles. The Kier molecular flexibility index (Phi) is 4.18. The van der Waals surface area contributed by atoms with Crippen LogP contribution in [-0.4, -0.2) is 31.3 Å². The number of nitrogens with one attached hydrogen (secondary N) is 3. The lowest BCUT2D eigenvalue weighted by molar-refractivity contribution is 0.102. The molecule has 0 radical (unpaired) electrons. The number of amides is 1. The van der Waals surface area contributed by atoms with Crippen LogP contribution < -0.4 is 5.32 Å². The van der Waals surface area contributed by atoms with Gasteiger partial charge in [-0.2, -0.15) is 15.2 Å². The van der Waals surface area contributed by atoms with Gasteiger partial charge < -0.3 is 0 Å². The van der Waals surface area contributed by atoms with Crippen molar-refractivity contribution in [1.82, 2.24) is 25.4 Å². The van der Waals surface area contributed by atoms with Gasteiger partial charge in [-0.3, -0.25) is 15.2 Å². The van der Waals surface area contributed by atoms with Crippen LogP contribution in [0.3, 0.4) is 0 Å². The van der Waals surface area contributed by atoms with Crippen LogP contribution in [0.15, 0.2) is 36.7 Å². The maximum atomic E-state index is 12.1. The van der Waals surface area contributed by atoms with Gasteiger partial charge in [0.1, 0.15) is 12.0 Å². The molecule has 118 valence electrons. The van der Waals surface area contributed by atoms with Gasteiger partial charge in [0, 0.05) is 5.56 Å². The SMILES string of the molecule is CC(C)Cc1ccc(-c2cc(C(=O)Nc3ncn[nH]3)[nH]n2)cc1. The zero-order chi connectivity index (χ0) is 16.2. The molecule has 0 fully saturated rings. The van der Waals surface area contributed by atoms with Crippen molar-refractivity contribution in [2.45, 2.75) is 20.3 Å². The Labute approximate surface area is 133 Å². The van der Waals surface area contributed by atoms with Gasteiger partial charge in [0.15, 0.2) is 0 Å². The van der Waals surface area contributed by atoms with Crippen LogP contribution in [0.2, 0.25) is 0 Å². The lowest BCUT2D eigenvalue weighted by Crippen LogP contribution is -2.13. The highest BCUT2D eigenvalue weighted by molar-refractivity contribution is 6.02. The van der Waals surface area contributed by atoms with Gasteiger partial charge in [-0.05, 0) is 24.0 Å². The number of aromatic amines is 2. The van der Waals surface area contributed by atoms with Gasteiger partial charge in [0.2, 0.25) is 5.95 Å². The van der Waals surface area contributed by atoms with Gasteiger partial charge in [-0.1, -0.05) is 38.1 Å². The Morgan fingerprint density at radius 3 is 2.65 bits per heavy atom. The molecular formula is C16H18N6O. The molecule has 0 bridgehead atoms. The van der Waals surface area contributed by atoms with Crippen LogP contribution in [0.1, 0.15) is 29.9 Å². The topological polar surface area (TPSA) is 99.4 Å². The number of carbonyl (C=O) groups excluding carboxylic acids is 1. The molecule has 0 unspecified atom stereocenters. The molecule has 0 aliphatic carbocycles. The van der Waals surface area contributed by atoms with Crippen molar-refractivity contribution in [3.8, 4) is 11.3 Å². The largest absolute Gasteiger partial charge is 0.289 e. The molecule has 3 rings (SSSR count). The van der Waals surface area contributed by atoms with E-state index >= 15 is 0 Å². The second-order valence-corrected chi connectivity index (χ2v) is 5.75. The van der Waals surface area contributed by atoms with Gasteiger partial charge in [0.25, 0.3) is 5.91 Å². The first-order chi connectivity index (χ1) is 11.1. The molecule has 1 amide bonds. The highest BCUT2D eigenvalue weighted by Crippen LogP contribution is 2.19. The fourth-order valence-electron chi connectivity index (χ4n) is 2.31. The molecule has 0 spiro atoms. The molecule has 0 saturated heterocycles. The minimum Gasteiger partial charge on any atom is -0.289 e. The number of hydrogen-bond acceptors (Lipinski definition) is 4. The third-order valence-corrected chi connectivity index (χ3v) is 3.36. The molecule has 7 heteroatoms. The van der Waals surface area contributed by atoms with Crippen molar-refractivity contribution in [3.05, 3.63) is 47.9 Å². The number of aromatic nitrogens is 5. The normalized spacial score (nSPS) is 10.9. The summed E-state index contributed by atoms with van der Waals surface area (Å²) in [6, 6.07) is 9.94. The Balaban J connectivity index is 1.72. The van der Waals surface area contributed by atoms with Gasteiger partial charge >= 0.3 is 0 Å². The molecule has 3 N–H and O–H groups in total. The molecule has 2 heterocycles. The number of nitrogens with zero attached hydrogens (tertiary/aromatic N) is 3. The third-order valence-electron chi connectivity index (χ3n) is 3.36. The van der Waals surface area contributed by atoms with Gasteiger partial charge in [-0.15, -0.1) is 0 Å². The van der Waals surface area contributed by atoms with Crippen LogP contribution >= 0.6 is 0 Å². The number of hydrogen-bond donors (Lipinski definition) is 3. The summed E-state index contributed by atoms with van der Waals surface area (Å²) in [4.78, 5) is 15.9. The summed E-state index contributed by atoms with van der Waals surface area (Å²) >= 11 is 0. The fourth-order valence-corrected chi connectivity index (χ4v) is 2.31. The second kappa shape index (κ2) is 6.43. The summed E-state index contributed by atoms with van der Waals surface area (Å²) in [6.07, 6.45) is 2.37. The minimum absolute atomic E-state index is 0.296. The Morgan fingerprint density at radius 1 is 1.22 bits per heavy atom. The van der Waals surface area contributed by atoms with E-state index in [0.29, 0.717) is 17.6 Å². The summed E-state index contributed by atoms with van der Waals surface area (Å²) in [6.45, 7) is 4.39. The van der Waals surface area contributed by atoms with Crippen molar-refractivity contribution < 1.29 is 4.79 Å². The van der Waals surface area contributed by atoms with Crippen molar-refractivity contribution in [2.24, 2.45) is 5.92 Å². The molecule has 0 saturated carbocycles. The lowest BCUT2D eigenvalue weighted by Gasteiger charge is -2.05. The number of anilines is 1. The smallest absolute Gasteiger partial charge is 0.276 e. The molecule has 3 aromatic rings. The van der Waals surface area contributed by atoms with E-state index in [1.54, 1.807) is 6.07 Å². The summed E-state index contributed by atoms with van der Waals surface area (Å²) in [5, 5.41) is 15.8. The number of benzene rings is 1. The Hall–Kier alpha value is -2.96. The van der Waals surface area contributed by atoms with Crippen LogP contribution in [0.25, 0.3) is 11.3 Å². The summed E-state index contributed by atoms with van der Waals surface area (Å²) in [5.74, 6) is 0.596. The number of H-pyrrole nitrogens is 2. The maximum Gasteiger partial charge on any atom is 0.276 e. The number of rotatable bonds is 5. The second-order valence-electron chi connectivity index (χ2n) is 5.75. The van der Waals surface area contributed by atoms with Crippen molar-refractivity contribution in [3.63, 3.8) is 0 Å². The van der Waals surface area contributed by atoms with E-state index in [1.807, 2.05) is 12.1 Å². The van der Waals surface area contributed by atoms with E-state index in [9.17, 15) is 4.79 Å². The molecule has 1 aromatic carbocycles. The van der Waals surface area contributed by atoms with Crippen LogP contribution in [0.5, 0.6) is 0 Å². The van der Waals surface area contributed by atoms with E-state index in [0.717, 1.165) is 17.7 Å². The molecule has 0 atom stereocenters. The monoisotopic (exact) mass is 310 g/mol. The molecule has 23 heavy (non-hydrogen) atoms. The van der Waals surface area contributed by atoms with Crippen molar-refractivity contribution in [2.75, 3.05) is 5.32 Å². The quantitative estimate of drug-likeness (QED) is 0.674. The van der Waals surface area contributed by atoms with E-state index in [1.165, 1.54) is 11.9 Å². The first-order valence-electron chi connectivity index (χ1n) is 7.43. The predicted octanol–water partition coefficient (Wildman–Crippen LogP) is 2.65. The number of carbonyl (C=O) groups is 1. The first kappa shape index (κ1) is 15.0. The molecule has 0 aliphatic rings. The van der Waals surface area contributed by atoms with Crippen LogP contribution in [0.4, 0.5) is 5.95 Å². The zero-order valence-corrected chi connectivity index (χ0v) is 13.0. The Bertz CT molecular complexity index is 773. The van der Waals surface area contributed by atoms with Crippen molar-refractivity contribution in [1.29, 1.82) is 0 Å². The minimum atomic E-state index is -0.322. The van der Waals surface area contributed by atoms with E-state index in [-0.39, 0.29) is 5.91 Å². The van der Waals surface area contributed by atoms with Crippen LogP contribution in [0, 0.1) is 5.92 Å². The first-order valence-corrected chi connectivity index (χ1v) is 7.43. The molecular weight excluding hydrogens is 292 g/mol. The standard InChI is InChI=1S/C16H18N6O/c1-10(2)7-11-3-5-12(6-4-11)13-8-14(21-20-13)15(23)19-16-17-9-18-22-16/h3-6,8-10H,7H2,1-2H3,(H,20,21)(H2,17,18,19,22,23). The summed E-state index contributed by atoms with van der Waals surface area (Å²) in [7, 11) is 0. The Morgan fingerprint density at radius 2 is 2.00 bits per heavy atom. The maximum absolute atomic E-state index is 12.1. The zero-order valence-electron chi connectivity index (χ0n) is 13.0. The summed E-state index contributed by atoms with van der Waals surface area (Å²) in [5.41, 5.74) is 3.35. The summed E-state index contributed by atoms with van der Waals surface area (Å²) < 4.78 is 0. The van der Waals surface area contributed by atoms with Gasteiger partial charge in [-0.25, -0.2) is 5.10 Å². The third kappa shape index (κ3) is 3.63. The fraction of sp³-hybridized carbons (Fsp3) is 0.250. The van der Waals surface area contributed by atoms with Crippen LogP contribution in [-0.2, 0) is 6.42 Å². The molecule has 7 nitrogen and oxygen atoms in total. The average molecular weight is 310 g/mol. The van der Waals surface area contributed by atoms with E-state index in [2.05, 4.69) is 56.7 Å². The lowest BCUT2D eigenvalue weighted by atomic mass is 10.0. The van der Waals surface area contributed by atoms with Crippen molar-refractivity contribution >= 4 is 11.9 Å². The molecule has 0 aliphatic heterocycles. The average Bonchev–Trinajstić information content (AvgIpc) is 3.18. The van der Waals surface area contributed by atoms with E-state index < -0.39 is 0 Å². The highest BCUT2D eigenvalue weighted by atomic mass is 16.2. The van der Waals surface area contributed by atoms with Gasteiger partial charge in [0.05, 0.1) is 5.69 Å².